The maximum absolute atomic E-state index is 11.4. The Morgan fingerprint density at radius 1 is 1.05 bits per heavy atom. The number of nitrogens with one attached hydrogen (secondary N) is 2. The van der Waals surface area contributed by atoms with Crippen LogP contribution in [0.15, 0.2) is 9.59 Å². The molecule has 0 saturated heterocycles. The van der Waals surface area contributed by atoms with Gasteiger partial charge in [-0.05, 0) is 12.3 Å². The lowest BCUT2D eigenvalue weighted by Crippen LogP contribution is -2.38. The lowest BCUT2D eigenvalue weighted by molar-refractivity contribution is 0.148. The van der Waals surface area contributed by atoms with Gasteiger partial charge in [0.2, 0.25) is 0 Å². The summed E-state index contributed by atoms with van der Waals surface area (Å²) in [4.78, 5) is 27.2. The maximum Gasteiger partial charge on any atom is 0.253 e. The molecule has 0 saturated carbocycles. The third kappa shape index (κ3) is 4.65. The normalized spacial score (nSPS) is 11.2. The highest BCUT2D eigenvalue weighted by Gasteiger charge is 2.19. The zero-order valence-electron chi connectivity index (χ0n) is 11.6. The zero-order valence-corrected chi connectivity index (χ0v) is 11.6. The van der Waals surface area contributed by atoms with Crippen molar-refractivity contribution in [2.24, 2.45) is 11.8 Å². The first kappa shape index (κ1) is 15.7. The van der Waals surface area contributed by atoms with Crippen molar-refractivity contribution in [2.45, 2.75) is 33.1 Å². The van der Waals surface area contributed by atoms with Gasteiger partial charge in [0.15, 0.2) is 0 Å². The number of hydrogen-bond acceptors (Lipinski definition) is 6. The van der Waals surface area contributed by atoms with Crippen LogP contribution in [0.4, 0.5) is 11.4 Å². The highest BCUT2D eigenvalue weighted by atomic mass is 16.6. The average molecular weight is 269 g/mol. The molecule has 0 fully saturated rings. The minimum Gasteiger partial charge on any atom is -0.380 e. The van der Waals surface area contributed by atoms with Crippen molar-refractivity contribution in [3.05, 3.63) is 20.4 Å². The highest BCUT2D eigenvalue weighted by Crippen LogP contribution is 2.14. The molecular formula is C13H23N3O3. The van der Waals surface area contributed by atoms with Gasteiger partial charge < -0.3 is 15.5 Å². The molecule has 1 aromatic rings. The highest BCUT2D eigenvalue weighted by molar-refractivity contribution is 5.73. The number of anilines is 2. The van der Waals surface area contributed by atoms with Crippen molar-refractivity contribution >= 4 is 11.4 Å². The Balaban J connectivity index is 2.35. The molecule has 19 heavy (non-hydrogen) atoms. The molecule has 0 spiro atoms. The van der Waals surface area contributed by atoms with Gasteiger partial charge in [0.1, 0.15) is 11.4 Å². The van der Waals surface area contributed by atoms with Gasteiger partial charge in [-0.15, -0.1) is 0 Å². The molecule has 1 rings (SSSR count). The minimum absolute atomic E-state index is 0.284. The SMILES string of the molecule is CC(C)CCCCNc1c(NCCON)c(=O)c1=O. The van der Waals surface area contributed by atoms with Crippen molar-refractivity contribution < 1.29 is 4.84 Å². The van der Waals surface area contributed by atoms with E-state index in [4.69, 9.17) is 5.90 Å². The van der Waals surface area contributed by atoms with Crippen LogP contribution in [0.3, 0.4) is 0 Å². The predicted molar refractivity (Wildman–Crippen MR) is 77.2 cm³/mol. The van der Waals surface area contributed by atoms with E-state index in [1.807, 2.05) is 0 Å². The van der Waals surface area contributed by atoms with Crippen LogP contribution in [-0.2, 0) is 4.84 Å². The van der Waals surface area contributed by atoms with Crippen molar-refractivity contribution in [3.8, 4) is 0 Å². The van der Waals surface area contributed by atoms with Gasteiger partial charge in [-0.2, -0.15) is 0 Å². The topological polar surface area (TPSA) is 93.4 Å². The minimum atomic E-state index is -0.471. The second-order valence-corrected chi connectivity index (χ2v) is 5.02. The van der Waals surface area contributed by atoms with Gasteiger partial charge >= 0.3 is 0 Å². The Hall–Kier alpha value is -1.40. The van der Waals surface area contributed by atoms with Gasteiger partial charge in [0, 0.05) is 13.1 Å². The Morgan fingerprint density at radius 2 is 1.63 bits per heavy atom. The van der Waals surface area contributed by atoms with Crippen LogP contribution in [0.1, 0.15) is 33.1 Å². The van der Waals surface area contributed by atoms with E-state index in [2.05, 4.69) is 29.3 Å². The molecule has 0 aliphatic carbocycles. The monoisotopic (exact) mass is 269 g/mol. The Bertz CT molecular complexity index is 450. The smallest absolute Gasteiger partial charge is 0.253 e. The summed E-state index contributed by atoms with van der Waals surface area (Å²) in [5.41, 5.74) is -0.167. The van der Waals surface area contributed by atoms with E-state index in [1.165, 1.54) is 6.42 Å². The van der Waals surface area contributed by atoms with Gasteiger partial charge in [0.05, 0.1) is 6.61 Å². The van der Waals surface area contributed by atoms with Crippen LogP contribution < -0.4 is 27.4 Å². The first-order chi connectivity index (χ1) is 9.07. The molecule has 0 bridgehead atoms. The Kier molecular flexibility index (Phi) is 6.52. The summed E-state index contributed by atoms with van der Waals surface area (Å²) in [7, 11) is 0. The lowest BCUT2D eigenvalue weighted by atomic mass is 10.1. The fourth-order valence-electron chi connectivity index (χ4n) is 1.85. The van der Waals surface area contributed by atoms with Gasteiger partial charge in [-0.3, -0.25) is 9.59 Å². The van der Waals surface area contributed by atoms with Crippen LogP contribution >= 0.6 is 0 Å². The molecule has 0 aromatic heterocycles. The van der Waals surface area contributed by atoms with E-state index in [0.717, 1.165) is 12.8 Å². The number of rotatable bonds is 10. The van der Waals surface area contributed by atoms with Crippen LogP contribution in [-0.4, -0.2) is 19.7 Å². The molecule has 6 heteroatoms. The quantitative estimate of drug-likeness (QED) is 0.331. The van der Waals surface area contributed by atoms with E-state index in [0.29, 0.717) is 30.4 Å². The summed E-state index contributed by atoms with van der Waals surface area (Å²) in [6, 6.07) is 0. The van der Waals surface area contributed by atoms with Crippen LogP contribution in [0, 0.1) is 5.92 Å². The number of unbranched alkanes of at least 4 members (excludes halogenated alkanes) is 1. The number of nitrogens with two attached hydrogens (primary N) is 1. The van der Waals surface area contributed by atoms with Crippen molar-refractivity contribution in [1.29, 1.82) is 0 Å². The summed E-state index contributed by atoms with van der Waals surface area (Å²) in [5.74, 6) is 5.58. The first-order valence-electron chi connectivity index (χ1n) is 6.70. The van der Waals surface area contributed by atoms with E-state index in [-0.39, 0.29) is 6.61 Å². The fourth-order valence-corrected chi connectivity index (χ4v) is 1.85. The van der Waals surface area contributed by atoms with Gasteiger partial charge in [-0.1, -0.05) is 26.7 Å². The van der Waals surface area contributed by atoms with Gasteiger partial charge in [0.25, 0.3) is 10.9 Å². The second kappa shape index (κ2) is 7.91. The van der Waals surface area contributed by atoms with Crippen molar-refractivity contribution in [3.63, 3.8) is 0 Å². The molecule has 0 aliphatic rings. The zero-order chi connectivity index (χ0) is 14.3. The van der Waals surface area contributed by atoms with E-state index in [1.54, 1.807) is 0 Å². The fraction of sp³-hybridized carbons (Fsp3) is 0.692. The maximum atomic E-state index is 11.4. The standard InChI is InChI=1S/C13H23N3O3/c1-9(2)5-3-4-6-15-10-11(13(18)12(10)17)16-7-8-19-14/h9,15-16H,3-8,14H2,1-2H3. The summed E-state index contributed by atoms with van der Waals surface area (Å²) in [6.45, 7) is 5.77. The molecule has 0 aliphatic heterocycles. The van der Waals surface area contributed by atoms with Crippen molar-refractivity contribution in [1.82, 2.24) is 0 Å². The molecule has 0 radical (unpaired) electrons. The second-order valence-electron chi connectivity index (χ2n) is 5.02. The third-order valence-electron chi connectivity index (χ3n) is 2.94. The average Bonchev–Trinajstić information content (AvgIpc) is 2.39. The van der Waals surface area contributed by atoms with Crippen molar-refractivity contribution in [2.75, 3.05) is 30.3 Å². The summed E-state index contributed by atoms with van der Waals surface area (Å²) in [5, 5.41) is 5.88. The van der Waals surface area contributed by atoms with Crippen LogP contribution in [0.2, 0.25) is 0 Å². The van der Waals surface area contributed by atoms with E-state index in [9.17, 15) is 9.59 Å². The molecular weight excluding hydrogens is 246 g/mol. The molecule has 0 heterocycles. The third-order valence-corrected chi connectivity index (χ3v) is 2.94. The lowest BCUT2D eigenvalue weighted by Gasteiger charge is -2.14. The first-order valence-corrected chi connectivity index (χ1v) is 6.70. The Morgan fingerprint density at radius 3 is 2.16 bits per heavy atom. The summed E-state index contributed by atoms with van der Waals surface area (Å²) >= 11 is 0. The molecule has 1 aromatic carbocycles. The van der Waals surface area contributed by atoms with E-state index < -0.39 is 10.9 Å². The van der Waals surface area contributed by atoms with Crippen LogP contribution in [0.25, 0.3) is 0 Å². The largest absolute Gasteiger partial charge is 0.380 e. The van der Waals surface area contributed by atoms with E-state index >= 15 is 0 Å². The molecule has 0 amide bonds. The molecule has 0 atom stereocenters. The molecule has 6 nitrogen and oxygen atoms in total. The number of hydrogen-bond donors (Lipinski definition) is 3. The van der Waals surface area contributed by atoms with Crippen LogP contribution in [0.5, 0.6) is 0 Å². The summed E-state index contributed by atoms with van der Waals surface area (Å²) in [6.07, 6.45) is 3.28. The molecule has 0 unspecified atom stereocenters. The molecule has 4 N–H and O–H groups in total. The summed E-state index contributed by atoms with van der Waals surface area (Å²) < 4.78 is 0. The van der Waals surface area contributed by atoms with Gasteiger partial charge in [-0.25, -0.2) is 5.90 Å². The Labute approximate surface area is 113 Å². The molecule has 108 valence electrons. The predicted octanol–water partition coefficient (Wildman–Crippen LogP) is 0.823.